The molecule has 128 valence electrons. The van der Waals surface area contributed by atoms with Crippen molar-refractivity contribution in [2.75, 3.05) is 0 Å². The van der Waals surface area contributed by atoms with E-state index in [0.717, 1.165) is 4.90 Å². The molecule has 0 spiro atoms. The van der Waals surface area contributed by atoms with Gasteiger partial charge in [-0.2, -0.15) is 10.2 Å². The zero-order valence-corrected chi connectivity index (χ0v) is 14.1. The number of urea groups is 1. The van der Waals surface area contributed by atoms with Crippen molar-refractivity contribution in [3.05, 3.63) is 47.1 Å². The van der Waals surface area contributed by atoms with Gasteiger partial charge in [-0.15, -0.1) is 0 Å². The Kier molecular flexibility index (Phi) is 4.00. The van der Waals surface area contributed by atoms with E-state index in [4.69, 9.17) is 9.78 Å². The Bertz CT molecular complexity index is 882. The number of nitrogens with one attached hydrogen (secondary N) is 1. The van der Waals surface area contributed by atoms with E-state index >= 15 is 0 Å². The third-order valence-corrected chi connectivity index (χ3v) is 4.14. The van der Waals surface area contributed by atoms with Gasteiger partial charge in [0.15, 0.2) is 5.82 Å². The monoisotopic (exact) mass is 339 g/mol. The number of benzene rings is 1. The van der Waals surface area contributed by atoms with Crippen molar-refractivity contribution in [3.8, 4) is 6.07 Å². The molecule has 1 fully saturated rings. The van der Waals surface area contributed by atoms with Gasteiger partial charge in [0.25, 0.3) is 5.91 Å². The molecular formula is C17H17N5O3. The summed E-state index contributed by atoms with van der Waals surface area (Å²) in [7, 11) is 0. The van der Waals surface area contributed by atoms with Crippen molar-refractivity contribution in [3.63, 3.8) is 0 Å². The third-order valence-electron chi connectivity index (χ3n) is 4.14. The lowest BCUT2D eigenvalue weighted by Crippen LogP contribution is -2.40. The Balaban J connectivity index is 1.87. The highest BCUT2D eigenvalue weighted by Crippen LogP contribution is 2.30. The molecule has 1 aromatic heterocycles. The standard InChI is InChI=1S/C17H17N5O3/c1-10(2)14-19-13(25-21-14)9-22-15(23)17(3,20-16(22)24)12-6-4-5-11(7-12)8-18/h4-7,10H,9H2,1-3H3,(H,20,24)/t17-/m0/s1. The average molecular weight is 339 g/mol. The van der Waals surface area contributed by atoms with Gasteiger partial charge in [0.2, 0.25) is 5.89 Å². The van der Waals surface area contributed by atoms with Crippen LogP contribution in [0.4, 0.5) is 4.79 Å². The summed E-state index contributed by atoms with van der Waals surface area (Å²) >= 11 is 0. The first-order chi connectivity index (χ1) is 11.8. The normalized spacial score (nSPS) is 20.0. The molecule has 1 saturated heterocycles. The minimum absolute atomic E-state index is 0.0830. The predicted octanol–water partition coefficient (Wildman–Crippen LogP) is 2.03. The van der Waals surface area contributed by atoms with Crippen molar-refractivity contribution in [2.24, 2.45) is 0 Å². The third kappa shape index (κ3) is 2.85. The van der Waals surface area contributed by atoms with E-state index in [1.807, 2.05) is 19.9 Å². The predicted molar refractivity (Wildman–Crippen MR) is 86.0 cm³/mol. The molecule has 3 rings (SSSR count). The lowest BCUT2D eigenvalue weighted by atomic mass is 9.91. The van der Waals surface area contributed by atoms with E-state index in [-0.39, 0.29) is 18.4 Å². The summed E-state index contributed by atoms with van der Waals surface area (Å²) in [6, 6.07) is 8.09. The summed E-state index contributed by atoms with van der Waals surface area (Å²) < 4.78 is 5.12. The Hall–Kier alpha value is -3.21. The molecule has 0 aliphatic carbocycles. The fourth-order valence-corrected chi connectivity index (χ4v) is 2.64. The van der Waals surface area contributed by atoms with Crippen LogP contribution in [-0.4, -0.2) is 27.0 Å². The van der Waals surface area contributed by atoms with E-state index < -0.39 is 17.5 Å². The Morgan fingerprint density at radius 1 is 1.40 bits per heavy atom. The van der Waals surface area contributed by atoms with Crippen LogP contribution in [0.15, 0.2) is 28.8 Å². The number of amides is 3. The fraction of sp³-hybridized carbons (Fsp3) is 0.353. The van der Waals surface area contributed by atoms with Gasteiger partial charge in [-0.3, -0.25) is 9.69 Å². The molecule has 0 unspecified atom stereocenters. The van der Waals surface area contributed by atoms with Gasteiger partial charge >= 0.3 is 6.03 Å². The SMILES string of the molecule is CC(C)c1noc(CN2C(=O)N[C@@](C)(c3cccc(C#N)c3)C2=O)n1. The summed E-state index contributed by atoms with van der Waals surface area (Å²) in [6.45, 7) is 5.35. The smallest absolute Gasteiger partial charge is 0.325 e. The quantitative estimate of drug-likeness (QED) is 0.853. The Labute approximate surface area is 144 Å². The number of nitrogens with zero attached hydrogens (tertiary/aromatic N) is 4. The molecule has 2 heterocycles. The first-order valence-electron chi connectivity index (χ1n) is 7.82. The van der Waals surface area contributed by atoms with E-state index in [9.17, 15) is 9.59 Å². The molecule has 25 heavy (non-hydrogen) atoms. The maximum Gasteiger partial charge on any atom is 0.325 e. The summed E-state index contributed by atoms with van der Waals surface area (Å²) in [6.07, 6.45) is 0. The van der Waals surface area contributed by atoms with Gasteiger partial charge in [-0.05, 0) is 24.6 Å². The molecule has 1 aliphatic heterocycles. The first kappa shape index (κ1) is 16.6. The molecule has 0 radical (unpaired) electrons. The van der Waals surface area contributed by atoms with E-state index in [0.29, 0.717) is 17.0 Å². The van der Waals surface area contributed by atoms with Crippen LogP contribution in [-0.2, 0) is 16.9 Å². The lowest BCUT2D eigenvalue weighted by molar-refractivity contribution is -0.131. The number of nitriles is 1. The molecule has 1 N–H and O–H groups in total. The number of hydrogen-bond acceptors (Lipinski definition) is 6. The Morgan fingerprint density at radius 3 is 2.80 bits per heavy atom. The van der Waals surface area contributed by atoms with Crippen LogP contribution >= 0.6 is 0 Å². The maximum absolute atomic E-state index is 12.9. The molecule has 1 aromatic carbocycles. The molecule has 1 aliphatic rings. The van der Waals surface area contributed by atoms with Crippen molar-refractivity contribution in [2.45, 2.75) is 38.8 Å². The van der Waals surface area contributed by atoms with E-state index in [1.54, 1.807) is 31.2 Å². The molecule has 2 aromatic rings. The van der Waals surface area contributed by atoms with Gasteiger partial charge in [-0.1, -0.05) is 31.1 Å². The largest absolute Gasteiger partial charge is 0.337 e. The zero-order chi connectivity index (χ0) is 18.2. The topological polar surface area (TPSA) is 112 Å². The number of rotatable bonds is 4. The van der Waals surface area contributed by atoms with Crippen LogP contribution in [0.2, 0.25) is 0 Å². The van der Waals surface area contributed by atoms with Crippen LogP contribution < -0.4 is 5.32 Å². The van der Waals surface area contributed by atoms with Gasteiger partial charge in [0, 0.05) is 5.92 Å². The second-order valence-electron chi connectivity index (χ2n) is 6.34. The fourth-order valence-electron chi connectivity index (χ4n) is 2.64. The molecule has 8 nitrogen and oxygen atoms in total. The molecule has 0 bridgehead atoms. The summed E-state index contributed by atoms with van der Waals surface area (Å²) in [5.74, 6) is 0.366. The minimum atomic E-state index is -1.25. The van der Waals surface area contributed by atoms with Gasteiger partial charge in [0.1, 0.15) is 12.1 Å². The van der Waals surface area contributed by atoms with Crippen LogP contribution in [0.25, 0.3) is 0 Å². The highest BCUT2D eigenvalue weighted by Gasteiger charge is 2.49. The summed E-state index contributed by atoms with van der Waals surface area (Å²) in [5, 5.41) is 15.6. The van der Waals surface area contributed by atoms with Crippen molar-refractivity contribution in [1.29, 1.82) is 5.26 Å². The molecule has 3 amide bonds. The highest BCUT2D eigenvalue weighted by atomic mass is 16.5. The number of aromatic nitrogens is 2. The van der Waals surface area contributed by atoms with Crippen molar-refractivity contribution >= 4 is 11.9 Å². The number of carbonyl (C=O) groups is 2. The molecule has 0 saturated carbocycles. The van der Waals surface area contributed by atoms with Gasteiger partial charge in [-0.25, -0.2) is 4.79 Å². The molecular weight excluding hydrogens is 322 g/mol. The highest BCUT2D eigenvalue weighted by molar-refractivity contribution is 6.07. The molecule has 8 heteroatoms. The number of hydrogen-bond donors (Lipinski definition) is 1. The minimum Gasteiger partial charge on any atom is -0.337 e. The van der Waals surface area contributed by atoms with Gasteiger partial charge < -0.3 is 9.84 Å². The van der Waals surface area contributed by atoms with Crippen LogP contribution in [0.3, 0.4) is 0 Å². The van der Waals surface area contributed by atoms with E-state index in [1.165, 1.54) is 0 Å². The van der Waals surface area contributed by atoms with Gasteiger partial charge in [0.05, 0.1) is 11.6 Å². The van der Waals surface area contributed by atoms with Crippen molar-refractivity contribution in [1.82, 2.24) is 20.4 Å². The summed E-state index contributed by atoms with van der Waals surface area (Å²) in [4.78, 5) is 30.4. The van der Waals surface area contributed by atoms with Crippen LogP contribution in [0.5, 0.6) is 0 Å². The maximum atomic E-state index is 12.9. The van der Waals surface area contributed by atoms with Crippen molar-refractivity contribution < 1.29 is 14.1 Å². The van der Waals surface area contributed by atoms with Crippen LogP contribution in [0.1, 0.15) is 49.5 Å². The second-order valence-corrected chi connectivity index (χ2v) is 6.34. The Morgan fingerprint density at radius 2 is 2.16 bits per heavy atom. The first-order valence-corrected chi connectivity index (χ1v) is 7.82. The second kappa shape index (κ2) is 6.02. The lowest BCUT2D eigenvalue weighted by Gasteiger charge is -2.22. The number of carbonyl (C=O) groups excluding carboxylic acids is 2. The van der Waals surface area contributed by atoms with Crippen LogP contribution in [0, 0.1) is 11.3 Å². The average Bonchev–Trinajstić information content (AvgIpc) is 3.15. The van der Waals surface area contributed by atoms with E-state index in [2.05, 4.69) is 15.5 Å². The summed E-state index contributed by atoms with van der Waals surface area (Å²) in [5.41, 5.74) is -0.288. The number of imide groups is 1. The molecule has 1 atom stereocenters. The zero-order valence-electron chi connectivity index (χ0n) is 14.1.